The summed E-state index contributed by atoms with van der Waals surface area (Å²) in [4.78, 5) is 29.5. The molecule has 0 aromatic heterocycles. The van der Waals surface area contributed by atoms with E-state index in [9.17, 15) is 14.0 Å². The molecule has 1 aliphatic heterocycles. The predicted octanol–water partition coefficient (Wildman–Crippen LogP) is 3.91. The Bertz CT molecular complexity index is 904. The van der Waals surface area contributed by atoms with Gasteiger partial charge in [-0.25, -0.2) is 4.39 Å². The van der Waals surface area contributed by atoms with E-state index < -0.39 is 0 Å². The molecule has 2 aliphatic rings. The average molecular weight is 409 g/mol. The number of hydrogen-bond donors (Lipinski definition) is 0. The molecule has 4 nitrogen and oxygen atoms in total. The molecule has 0 spiro atoms. The highest BCUT2D eigenvalue weighted by Crippen LogP contribution is 2.34. The Morgan fingerprint density at radius 1 is 1.10 bits per heavy atom. The van der Waals surface area contributed by atoms with Crippen LogP contribution in [0.4, 0.5) is 4.39 Å². The Morgan fingerprint density at radius 3 is 2.53 bits per heavy atom. The number of piperidine rings is 1. The Kier molecular flexibility index (Phi) is 6.28. The number of likely N-dealkylation sites (N-methyl/N-ethyl adjacent to an activating group) is 1. The van der Waals surface area contributed by atoms with E-state index in [0.29, 0.717) is 17.9 Å². The van der Waals surface area contributed by atoms with Crippen molar-refractivity contribution in [1.82, 2.24) is 9.80 Å². The van der Waals surface area contributed by atoms with E-state index >= 15 is 0 Å². The summed E-state index contributed by atoms with van der Waals surface area (Å²) in [6.45, 7) is 3.78. The fourth-order valence-corrected chi connectivity index (χ4v) is 4.75. The van der Waals surface area contributed by atoms with Gasteiger partial charge < -0.3 is 9.80 Å². The monoisotopic (exact) mass is 408 g/mol. The molecule has 4 rings (SSSR count). The normalized spacial score (nSPS) is 19.7. The quantitative estimate of drug-likeness (QED) is 0.728. The molecule has 1 unspecified atom stereocenters. The minimum Gasteiger partial charge on any atom is -0.345 e. The summed E-state index contributed by atoms with van der Waals surface area (Å²) < 4.78 is 13.0. The van der Waals surface area contributed by atoms with Gasteiger partial charge in [0.05, 0.1) is 5.92 Å². The molecule has 1 saturated heterocycles. The molecule has 30 heavy (non-hydrogen) atoms. The third-order valence-electron chi connectivity index (χ3n) is 6.57. The summed E-state index contributed by atoms with van der Waals surface area (Å²) in [5, 5.41) is 0. The van der Waals surface area contributed by atoms with Gasteiger partial charge in [-0.1, -0.05) is 36.4 Å². The smallest absolute Gasteiger partial charge is 0.230 e. The molecule has 1 heterocycles. The minimum atomic E-state index is -0.325. The van der Waals surface area contributed by atoms with Gasteiger partial charge >= 0.3 is 0 Å². The van der Waals surface area contributed by atoms with E-state index in [0.717, 1.165) is 56.6 Å². The first-order chi connectivity index (χ1) is 14.5. The second-order valence-corrected chi connectivity index (χ2v) is 8.65. The van der Waals surface area contributed by atoms with E-state index in [1.807, 2.05) is 48.3 Å². The van der Waals surface area contributed by atoms with Gasteiger partial charge in [0.15, 0.2) is 5.78 Å². The molecule has 5 heteroatoms. The maximum absolute atomic E-state index is 13.0. The number of amides is 1. The van der Waals surface area contributed by atoms with Crippen LogP contribution >= 0.6 is 0 Å². The number of halogens is 1. The summed E-state index contributed by atoms with van der Waals surface area (Å²) in [5.74, 6) is 0.116. The van der Waals surface area contributed by atoms with Crippen LogP contribution in [0.5, 0.6) is 0 Å². The molecule has 1 fully saturated rings. The van der Waals surface area contributed by atoms with Crippen LogP contribution < -0.4 is 0 Å². The number of Topliss-reactive ketones (excluding diaryl/α,β-unsaturated/α-hetero) is 1. The lowest BCUT2D eigenvalue weighted by Gasteiger charge is -2.34. The molecule has 1 atom stereocenters. The second kappa shape index (κ2) is 9.09. The van der Waals surface area contributed by atoms with Crippen LogP contribution in [-0.4, -0.2) is 54.7 Å². The lowest BCUT2D eigenvalue weighted by atomic mass is 9.94. The first kappa shape index (κ1) is 20.7. The van der Waals surface area contributed by atoms with Crippen molar-refractivity contribution in [2.75, 3.05) is 33.2 Å². The SMILES string of the molecule is CN(CC1CCN(CCc2ccc(F)cc2)CC1)C(=O)C1CC(=O)c2ccccc21. The third-order valence-corrected chi connectivity index (χ3v) is 6.57. The number of benzene rings is 2. The number of carbonyl (C=O) groups is 2. The summed E-state index contributed by atoms with van der Waals surface area (Å²) in [7, 11) is 1.87. The lowest BCUT2D eigenvalue weighted by molar-refractivity contribution is -0.132. The number of ketones is 1. The minimum absolute atomic E-state index is 0.0621. The van der Waals surface area contributed by atoms with E-state index in [1.165, 1.54) is 12.1 Å². The maximum atomic E-state index is 13.0. The third kappa shape index (κ3) is 4.62. The highest BCUT2D eigenvalue weighted by atomic mass is 19.1. The number of hydrogen-bond acceptors (Lipinski definition) is 3. The molecule has 158 valence electrons. The van der Waals surface area contributed by atoms with Crippen molar-refractivity contribution >= 4 is 11.7 Å². The second-order valence-electron chi connectivity index (χ2n) is 8.65. The summed E-state index contributed by atoms with van der Waals surface area (Å²) in [5.41, 5.74) is 2.75. The van der Waals surface area contributed by atoms with Gasteiger partial charge in [0.2, 0.25) is 5.91 Å². The van der Waals surface area contributed by atoms with E-state index in [-0.39, 0.29) is 23.4 Å². The van der Waals surface area contributed by atoms with Crippen molar-refractivity contribution < 1.29 is 14.0 Å². The van der Waals surface area contributed by atoms with Gasteiger partial charge in [0.25, 0.3) is 0 Å². The summed E-state index contributed by atoms with van der Waals surface area (Å²) in [6.07, 6.45) is 3.37. The number of carbonyl (C=O) groups excluding carboxylic acids is 2. The van der Waals surface area contributed by atoms with Crippen molar-refractivity contribution in [1.29, 1.82) is 0 Å². The summed E-state index contributed by atoms with van der Waals surface area (Å²) >= 11 is 0. The van der Waals surface area contributed by atoms with Crippen LogP contribution in [0.15, 0.2) is 48.5 Å². The fraction of sp³-hybridized carbons (Fsp3) is 0.440. The fourth-order valence-electron chi connectivity index (χ4n) is 4.75. The van der Waals surface area contributed by atoms with Crippen molar-refractivity contribution in [3.8, 4) is 0 Å². The molecular weight excluding hydrogens is 379 g/mol. The van der Waals surface area contributed by atoms with Gasteiger partial charge in [-0.2, -0.15) is 0 Å². The zero-order valence-corrected chi connectivity index (χ0v) is 17.5. The Morgan fingerprint density at radius 2 is 1.80 bits per heavy atom. The van der Waals surface area contributed by atoms with E-state index in [4.69, 9.17) is 0 Å². The first-order valence-electron chi connectivity index (χ1n) is 10.8. The molecule has 0 bridgehead atoms. The Balaban J connectivity index is 1.24. The zero-order chi connectivity index (χ0) is 21.1. The van der Waals surface area contributed by atoms with Crippen LogP contribution in [0, 0.1) is 11.7 Å². The number of likely N-dealkylation sites (tertiary alicyclic amines) is 1. The van der Waals surface area contributed by atoms with Gasteiger partial charge in [-0.3, -0.25) is 9.59 Å². The van der Waals surface area contributed by atoms with E-state index in [2.05, 4.69) is 4.90 Å². The van der Waals surface area contributed by atoms with Crippen molar-refractivity contribution in [2.24, 2.45) is 5.92 Å². The number of fused-ring (bicyclic) bond motifs is 1. The van der Waals surface area contributed by atoms with Crippen molar-refractivity contribution in [3.05, 3.63) is 71.0 Å². The van der Waals surface area contributed by atoms with Crippen LogP contribution in [-0.2, 0) is 11.2 Å². The lowest BCUT2D eigenvalue weighted by Crippen LogP contribution is -2.41. The largest absolute Gasteiger partial charge is 0.345 e. The standard InChI is InChI=1S/C25H29FN2O2/c1-27(25(30)23-16-24(29)22-5-3-2-4-21(22)23)17-19-11-14-28(15-12-19)13-10-18-6-8-20(26)9-7-18/h2-9,19,23H,10-17H2,1H3. The highest BCUT2D eigenvalue weighted by Gasteiger charge is 2.36. The highest BCUT2D eigenvalue weighted by molar-refractivity contribution is 6.06. The van der Waals surface area contributed by atoms with Gasteiger partial charge in [0.1, 0.15) is 5.82 Å². The maximum Gasteiger partial charge on any atom is 0.230 e. The van der Waals surface area contributed by atoms with Crippen LogP contribution in [0.2, 0.25) is 0 Å². The van der Waals surface area contributed by atoms with Gasteiger partial charge in [-0.15, -0.1) is 0 Å². The van der Waals surface area contributed by atoms with E-state index in [1.54, 1.807) is 0 Å². The topological polar surface area (TPSA) is 40.6 Å². The van der Waals surface area contributed by atoms with Gasteiger partial charge in [0, 0.05) is 32.1 Å². The number of rotatable bonds is 6. The number of nitrogens with zero attached hydrogens (tertiary/aromatic N) is 2. The molecule has 0 saturated carbocycles. The molecule has 2 aromatic rings. The van der Waals surface area contributed by atoms with Crippen molar-refractivity contribution in [3.63, 3.8) is 0 Å². The molecule has 0 radical (unpaired) electrons. The summed E-state index contributed by atoms with van der Waals surface area (Å²) in [6, 6.07) is 14.2. The molecule has 0 N–H and O–H groups in total. The molecule has 2 aromatic carbocycles. The molecule has 1 aliphatic carbocycles. The van der Waals surface area contributed by atoms with Crippen LogP contribution in [0.3, 0.4) is 0 Å². The Hall–Kier alpha value is -2.53. The molecule has 1 amide bonds. The predicted molar refractivity (Wildman–Crippen MR) is 115 cm³/mol. The van der Waals surface area contributed by atoms with Crippen LogP contribution in [0.1, 0.15) is 46.7 Å². The Labute approximate surface area is 177 Å². The van der Waals surface area contributed by atoms with Crippen molar-refractivity contribution in [2.45, 2.75) is 31.6 Å². The first-order valence-corrected chi connectivity index (χ1v) is 10.8. The molecular formula is C25H29FN2O2. The zero-order valence-electron chi connectivity index (χ0n) is 17.5. The average Bonchev–Trinajstić information content (AvgIpc) is 3.10. The van der Waals surface area contributed by atoms with Crippen LogP contribution in [0.25, 0.3) is 0 Å². The van der Waals surface area contributed by atoms with Gasteiger partial charge in [-0.05, 0) is 61.5 Å².